The standard InChI is InChI=1S/C31H40O15/c1-40-20-10-16(5-6-19(20)34)26-18(11-32)17-8-15(9-21(41-2)27(17)46-26)4-3-7-42-29-25(37)24(36)23(35)22(45-29)12-43-30-28(38)31(39,13-33)14-44-30/h3-6,8-10,18,22-26,28-30,32-39H,7,11-14H2,1-2H3/b4-3+/t18-,22-,23-,24+,25-,26+,28+,29-,30-,31-/m1/s1. The maximum Gasteiger partial charge on any atom is 0.187 e. The van der Waals surface area contributed by atoms with Crippen LogP contribution in [0.2, 0.25) is 0 Å². The SMILES string of the molecule is COc1cc([C@@H]2Oc3c(OC)cc(/C=C/CO[C@@H]4O[C@H](CO[C@@H]5OC[C@](O)(CO)[C@H]5O)[C@@H](O)[C@H](O)[C@H]4O)cc3[C@H]2CO)ccc1O. The summed E-state index contributed by atoms with van der Waals surface area (Å²) in [6, 6.07) is 8.41. The van der Waals surface area contributed by atoms with Gasteiger partial charge in [0.25, 0.3) is 0 Å². The fourth-order valence-corrected chi connectivity index (χ4v) is 5.68. The van der Waals surface area contributed by atoms with E-state index in [1.165, 1.54) is 20.3 Å². The first-order valence-corrected chi connectivity index (χ1v) is 14.6. The summed E-state index contributed by atoms with van der Waals surface area (Å²) < 4.78 is 38.9. The number of aliphatic hydroxyl groups is 7. The summed E-state index contributed by atoms with van der Waals surface area (Å²) in [5.74, 6) is 0.710. The summed E-state index contributed by atoms with van der Waals surface area (Å²) >= 11 is 0. The van der Waals surface area contributed by atoms with Crippen molar-refractivity contribution in [3.63, 3.8) is 0 Å². The number of aromatic hydroxyl groups is 1. The van der Waals surface area contributed by atoms with Crippen molar-refractivity contribution >= 4 is 6.08 Å². The van der Waals surface area contributed by atoms with Crippen LogP contribution in [0.4, 0.5) is 0 Å². The van der Waals surface area contributed by atoms with E-state index in [1.807, 2.05) is 6.07 Å². The zero-order valence-electron chi connectivity index (χ0n) is 25.2. The lowest BCUT2D eigenvalue weighted by Gasteiger charge is -2.40. The lowest BCUT2D eigenvalue weighted by atomic mass is 9.90. The maximum absolute atomic E-state index is 10.4. The molecule has 0 spiro atoms. The molecule has 2 aromatic carbocycles. The van der Waals surface area contributed by atoms with E-state index in [2.05, 4.69) is 0 Å². The van der Waals surface area contributed by atoms with Gasteiger partial charge in [-0.15, -0.1) is 0 Å². The van der Waals surface area contributed by atoms with Gasteiger partial charge in [0.15, 0.2) is 35.6 Å². The Balaban J connectivity index is 1.23. The number of methoxy groups -OCH3 is 2. The number of aliphatic hydroxyl groups excluding tert-OH is 6. The highest BCUT2D eigenvalue weighted by molar-refractivity contribution is 5.62. The highest BCUT2D eigenvalue weighted by atomic mass is 16.7. The molecule has 15 nitrogen and oxygen atoms in total. The van der Waals surface area contributed by atoms with Gasteiger partial charge in [-0.3, -0.25) is 0 Å². The van der Waals surface area contributed by atoms with Crippen LogP contribution in [0, 0.1) is 0 Å². The molecular weight excluding hydrogens is 612 g/mol. The van der Waals surface area contributed by atoms with E-state index in [0.717, 1.165) is 0 Å². The number of rotatable bonds is 12. The van der Waals surface area contributed by atoms with Crippen molar-refractivity contribution < 1.29 is 74.0 Å². The van der Waals surface area contributed by atoms with Gasteiger partial charge in [0, 0.05) is 5.56 Å². The zero-order chi connectivity index (χ0) is 33.2. The molecule has 5 rings (SSSR count). The molecule has 0 saturated carbocycles. The Kier molecular flexibility index (Phi) is 10.7. The lowest BCUT2D eigenvalue weighted by Crippen LogP contribution is -2.59. The van der Waals surface area contributed by atoms with Crippen LogP contribution in [-0.4, -0.2) is 137 Å². The van der Waals surface area contributed by atoms with Gasteiger partial charge in [-0.1, -0.05) is 18.2 Å². The highest BCUT2D eigenvalue weighted by Crippen LogP contribution is 2.51. The van der Waals surface area contributed by atoms with Crippen LogP contribution in [0.1, 0.15) is 28.7 Å². The van der Waals surface area contributed by atoms with Gasteiger partial charge in [0.2, 0.25) is 0 Å². The monoisotopic (exact) mass is 652 g/mol. The Morgan fingerprint density at radius 1 is 0.935 bits per heavy atom. The minimum atomic E-state index is -1.90. The molecule has 0 aromatic heterocycles. The summed E-state index contributed by atoms with van der Waals surface area (Å²) in [5, 5.41) is 81.1. The van der Waals surface area contributed by atoms with Crippen LogP contribution >= 0.6 is 0 Å². The number of fused-ring (bicyclic) bond motifs is 1. The van der Waals surface area contributed by atoms with Gasteiger partial charge in [-0.05, 0) is 35.4 Å². The number of benzene rings is 2. The van der Waals surface area contributed by atoms with Gasteiger partial charge < -0.3 is 74.0 Å². The lowest BCUT2D eigenvalue weighted by molar-refractivity contribution is -0.307. The van der Waals surface area contributed by atoms with E-state index in [1.54, 1.807) is 30.4 Å². The van der Waals surface area contributed by atoms with Crippen LogP contribution < -0.4 is 14.2 Å². The molecule has 254 valence electrons. The van der Waals surface area contributed by atoms with E-state index >= 15 is 0 Å². The number of hydrogen-bond acceptors (Lipinski definition) is 15. The zero-order valence-corrected chi connectivity index (χ0v) is 25.2. The number of phenols is 1. The molecule has 2 saturated heterocycles. The second-order valence-electron chi connectivity index (χ2n) is 11.4. The van der Waals surface area contributed by atoms with Crippen molar-refractivity contribution in [3.05, 3.63) is 53.1 Å². The van der Waals surface area contributed by atoms with E-state index in [9.17, 15) is 40.9 Å². The number of phenolic OH excluding ortho intramolecular Hbond substituents is 1. The molecule has 0 radical (unpaired) electrons. The Hall–Kier alpha value is -3.06. The minimum absolute atomic E-state index is 0.0220. The molecule has 2 aromatic rings. The van der Waals surface area contributed by atoms with E-state index in [0.29, 0.717) is 28.2 Å². The molecule has 0 aliphatic carbocycles. The molecule has 15 heteroatoms. The van der Waals surface area contributed by atoms with Crippen LogP contribution in [0.5, 0.6) is 23.0 Å². The van der Waals surface area contributed by atoms with Crippen LogP contribution in [0.15, 0.2) is 36.4 Å². The third kappa shape index (κ3) is 6.67. The molecule has 10 atom stereocenters. The smallest absolute Gasteiger partial charge is 0.187 e. The number of ether oxygens (including phenoxy) is 7. The van der Waals surface area contributed by atoms with Crippen molar-refractivity contribution in [1.82, 2.24) is 0 Å². The number of hydrogen-bond donors (Lipinski definition) is 8. The predicted octanol–water partition coefficient (Wildman–Crippen LogP) is -1.09. The summed E-state index contributed by atoms with van der Waals surface area (Å²) in [5.41, 5.74) is 0.189. The van der Waals surface area contributed by atoms with Crippen LogP contribution in [0.3, 0.4) is 0 Å². The Morgan fingerprint density at radius 2 is 1.70 bits per heavy atom. The second-order valence-corrected chi connectivity index (χ2v) is 11.4. The predicted molar refractivity (Wildman–Crippen MR) is 156 cm³/mol. The molecule has 46 heavy (non-hydrogen) atoms. The van der Waals surface area contributed by atoms with Gasteiger partial charge in [-0.2, -0.15) is 0 Å². The van der Waals surface area contributed by atoms with Gasteiger partial charge in [-0.25, -0.2) is 0 Å². The quantitative estimate of drug-likeness (QED) is 0.136. The van der Waals surface area contributed by atoms with E-state index < -0.39 is 73.9 Å². The molecular formula is C31H40O15. The molecule has 8 N–H and O–H groups in total. The molecule has 0 unspecified atom stereocenters. The third-order valence-corrected chi connectivity index (χ3v) is 8.40. The first-order chi connectivity index (χ1) is 22.0. The first kappa shape index (κ1) is 34.3. The second kappa shape index (κ2) is 14.4. The fraction of sp³-hybridized carbons (Fsp3) is 0.548. The summed E-state index contributed by atoms with van der Waals surface area (Å²) in [6.45, 7) is -1.84. The summed E-state index contributed by atoms with van der Waals surface area (Å²) in [7, 11) is 2.94. The van der Waals surface area contributed by atoms with E-state index in [-0.39, 0.29) is 31.3 Å². The molecule has 3 heterocycles. The fourth-order valence-electron chi connectivity index (χ4n) is 5.68. The van der Waals surface area contributed by atoms with Gasteiger partial charge >= 0.3 is 0 Å². The topological polar surface area (TPSA) is 226 Å². The van der Waals surface area contributed by atoms with Gasteiger partial charge in [0.05, 0.1) is 53.2 Å². The molecule has 2 fully saturated rings. The molecule has 3 aliphatic rings. The van der Waals surface area contributed by atoms with Crippen molar-refractivity contribution in [2.45, 2.75) is 60.7 Å². The highest BCUT2D eigenvalue weighted by Gasteiger charge is 2.50. The minimum Gasteiger partial charge on any atom is -0.504 e. The largest absolute Gasteiger partial charge is 0.504 e. The Labute approximate surface area is 264 Å². The summed E-state index contributed by atoms with van der Waals surface area (Å²) in [6.07, 6.45) is -7.45. The van der Waals surface area contributed by atoms with Crippen molar-refractivity contribution in [3.8, 4) is 23.0 Å². The van der Waals surface area contributed by atoms with Gasteiger partial charge in [0.1, 0.15) is 42.2 Å². The van der Waals surface area contributed by atoms with Crippen molar-refractivity contribution in [2.24, 2.45) is 0 Å². The van der Waals surface area contributed by atoms with E-state index in [4.69, 9.17) is 33.2 Å². The molecule has 0 amide bonds. The molecule has 3 aliphatic heterocycles. The average Bonchev–Trinajstić information content (AvgIpc) is 3.58. The van der Waals surface area contributed by atoms with Crippen molar-refractivity contribution in [1.29, 1.82) is 0 Å². The third-order valence-electron chi connectivity index (χ3n) is 8.40. The first-order valence-electron chi connectivity index (χ1n) is 14.6. The average molecular weight is 653 g/mol. The normalized spacial score (nSPS) is 34.1. The Bertz CT molecular complexity index is 1370. The Morgan fingerprint density at radius 3 is 2.37 bits per heavy atom. The maximum atomic E-state index is 10.4. The van der Waals surface area contributed by atoms with Crippen LogP contribution in [0.25, 0.3) is 6.08 Å². The van der Waals surface area contributed by atoms with Crippen molar-refractivity contribution in [2.75, 3.05) is 47.3 Å². The summed E-state index contributed by atoms with van der Waals surface area (Å²) in [4.78, 5) is 0. The van der Waals surface area contributed by atoms with Crippen LogP contribution in [-0.2, 0) is 18.9 Å². The molecule has 0 bridgehead atoms.